The second kappa shape index (κ2) is 10.5. The summed E-state index contributed by atoms with van der Waals surface area (Å²) < 4.78 is 10.3. The molecular formula is C14H28N2O2S. The monoisotopic (exact) mass is 288 g/mol. The van der Waals surface area contributed by atoms with Crippen LogP contribution in [0.5, 0.6) is 0 Å². The quantitative estimate of drug-likeness (QED) is 0.627. The van der Waals surface area contributed by atoms with Crippen molar-refractivity contribution in [2.75, 3.05) is 39.2 Å². The highest BCUT2D eigenvalue weighted by Gasteiger charge is 2.20. The highest BCUT2D eigenvalue weighted by molar-refractivity contribution is 8.14. The lowest BCUT2D eigenvalue weighted by Gasteiger charge is -2.11. The molecule has 1 aliphatic heterocycles. The first kappa shape index (κ1) is 16.8. The average Bonchev–Trinajstić information content (AvgIpc) is 2.79. The van der Waals surface area contributed by atoms with E-state index in [0.717, 1.165) is 42.8 Å². The van der Waals surface area contributed by atoms with Gasteiger partial charge in [-0.2, -0.15) is 0 Å². The van der Waals surface area contributed by atoms with Gasteiger partial charge in [-0.15, -0.1) is 0 Å². The Balaban J connectivity index is 1.98. The van der Waals surface area contributed by atoms with Crippen molar-refractivity contribution in [2.24, 2.45) is 10.9 Å². The summed E-state index contributed by atoms with van der Waals surface area (Å²) in [6, 6.07) is 0.612. The number of rotatable bonds is 10. The first-order chi connectivity index (χ1) is 9.22. The maximum atomic E-state index is 5.41. The summed E-state index contributed by atoms with van der Waals surface area (Å²) in [5, 5.41) is 4.64. The molecule has 1 aliphatic rings. The molecular weight excluding hydrogens is 260 g/mol. The number of methoxy groups -OCH3 is 1. The van der Waals surface area contributed by atoms with Gasteiger partial charge in [-0.3, -0.25) is 4.99 Å². The van der Waals surface area contributed by atoms with Gasteiger partial charge in [-0.25, -0.2) is 0 Å². The minimum atomic E-state index is 0.612. The minimum Gasteiger partial charge on any atom is -0.382 e. The molecule has 1 atom stereocenters. The molecule has 1 heterocycles. The molecule has 0 spiro atoms. The molecule has 19 heavy (non-hydrogen) atoms. The summed E-state index contributed by atoms with van der Waals surface area (Å²) in [5.74, 6) is 1.92. The average molecular weight is 288 g/mol. The maximum absolute atomic E-state index is 5.41. The van der Waals surface area contributed by atoms with Crippen LogP contribution in [0, 0.1) is 5.92 Å². The largest absolute Gasteiger partial charge is 0.382 e. The van der Waals surface area contributed by atoms with Crippen LogP contribution in [0.15, 0.2) is 4.99 Å². The van der Waals surface area contributed by atoms with Crippen LogP contribution in [0.4, 0.5) is 0 Å². The van der Waals surface area contributed by atoms with Gasteiger partial charge in [-0.1, -0.05) is 25.6 Å². The van der Waals surface area contributed by atoms with Crippen LogP contribution in [0.25, 0.3) is 0 Å². The number of unbranched alkanes of at least 4 members (excludes halogenated alkanes) is 1. The predicted molar refractivity (Wildman–Crippen MR) is 83.1 cm³/mol. The van der Waals surface area contributed by atoms with Gasteiger partial charge in [0.2, 0.25) is 0 Å². The molecule has 0 aromatic rings. The van der Waals surface area contributed by atoms with Gasteiger partial charge in [0, 0.05) is 32.1 Å². The number of hydrogen-bond donors (Lipinski definition) is 1. The molecule has 5 heteroatoms. The van der Waals surface area contributed by atoms with Crippen molar-refractivity contribution in [1.29, 1.82) is 0 Å². The number of nitrogens with zero attached hydrogens (tertiary/aromatic N) is 1. The molecule has 1 N–H and O–H groups in total. The Labute approximate surface area is 121 Å². The lowest BCUT2D eigenvalue weighted by atomic mass is 10.1. The van der Waals surface area contributed by atoms with Crippen molar-refractivity contribution in [3.63, 3.8) is 0 Å². The van der Waals surface area contributed by atoms with Crippen LogP contribution in [-0.4, -0.2) is 50.4 Å². The second-order valence-corrected chi connectivity index (χ2v) is 6.29. The first-order valence-corrected chi connectivity index (χ1v) is 8.21. The molecule has 0 aliphatic carbocycles. The van der Waals surface area contributed by atoms with E-state index < -0.39 is 0 Å². The Morgan fingerprint density at radius 2 is 2.16 bits per heavy atom. The summed E-state index contributed by atoms with van der Waals surface area (Å²) in [6.07, 6.45) is 3.40. The minimum absolute atomic E-state index is 0.612. The van der Waals surface area contributed by atoms with E-state index in [1.165, 1.54) is 6.42 Å². The molecule has 4 nitrogen and oxygen atoms in total. The van der Waals surface area contributed by atoms with E-state index in [2.05, 4.69) is 24.2 Å². The van der Waals surface area contributed by atoms with Crippen molar-refractivity contribution in [2.45, 2.75) is 39.2 Å². The van der Waals surface area contributed by atoms with E-state index >= 15 is 0 Å². The van der Waals surface area contributed by atoms with Gasteiger partial charge in [-0.05, 0) is 25.2 Å². The van der Waals surface area contributed by atoms with Crippen molar-refractivity contribution in [3.05, 3.63) is 0 Å². The van der Waals surface area contributed by atoms with Crippen molar-refractivity contribution in [3.8, 4) is 0 Å². The van der Waals surface area contributed by atoms with Gasteiger partial charge in [0.05, 0.1) is 13.2 Å². The molecule has 0 amide bonds. The molecule has 112 valence electrons. The topological polar surface area (TPSA) is 42.9 Å². The van der Waals surface area contributed by atoms with E-state index in [1.54, 1.807) is 7.11 Å². The van der Waals surface area contributed by atoms with Crippen LogP contribution in [-0.2, 0) is 9.47 Å². The molecule has 0 aromatic carbocycles. The van der Waals surface area contributed by atoms with Gasteiger partial charge >= 0.3 is 0 Å². The van der Waals surface area contributed by atoms with Crippen LogP contribution >= 0.6 is 11.8 Å². The highest BCUT2D eigenvalue weighted by atomic mass is 32.2. The number of ether oxygens (including phenoxy) is 2. The number of thioether (sulfide) groups is 1. The zero-order valence-corrected chi connectivity index (χ0v) is 13.3. The third-order valence-corrected chi connectivity index (χ3v) is 3.98. The fourth-order valence-electron chi connectivity index (χ4n) is 1.97. The Bertz CT molecular complexity index is 260. The predicted octanol–water partition coefficient (Wildman–Crippen LogP) is 2.54. The standard InChI is InChI=1S/C14H28N2O2S/c1-12(2)10-13-11-19-14(16-13)15-6-4-5-7-18-9-8-17-3/h12-13H,4-11H2,1-3H3,(H,15,16). The zero-order valence-electron chi connectivity index (χ0n) is 12.5. The van der Waals surface area contributed by atoms with Gasteiger partial charge < -0.3 is 14.8 Å². The second-order valence-electron chi connectivity index (χ2n) is 5.28. The van der Waals surface area contributed by atoms with Gasteiger partial charge in [0.25, 0.3) is 0 Å². The van der Waals surface area contributed by atoms with E-state index in [-0.39, 0.29) is 0 Å². The fourth-order valence-corrected chi connectivity index (χ4v) is 2.98. The Kier molecular flexibility index (Phi) is 9.30. The lowest BCUT2D eigenvalue weighted by Crippen LogP contribution is -2.28. The van der Waals surface area contributed by atoms with E-state index in [1.807, 2.05) is 11.8 Å². The summed E-state index contributed by atoms with van der Waals surface area (Å²) in [5.41, 5.74) is 0. The summed E-state index contributed by atoms with van der Waals surface area (Å²) in [4.78, 5) is 4.60. The highest BCUT2D eigenvalue weighted by Crippen LogP contribution is 2.18. The van der Waals surface area contributed by atoms with E-state index in [9.17, 15) is 0 Å². The fraction of sp³-hybridized carbons (Fsp3) is 0.929. The smallest absolute Gasteiger partial charge is 0.156 e. The van der Waals surface area contributed by atoms with Crippen molar-refractivity contribution >= 4 is 16.9 Å². The summed E-state index contributed by atoms with van der Waals surface area (Å²) >= 11 is 1.86. The molecule has 1 saturated heterocycles. The van der Waals surface area contributed by atoms with Crippen molar-refractivity contribution in [1.82, 2.24) is 5.32 Å². The maximum Gasteiger partial charge on any atom is 0.156 e. The Morgan fingerprint density at radius 1 is 1.32 bits per heavy atom. The number of nitrogens with one attached hydrogen (secondary N) is 1. The van der Waals surface area contributed by atoms with E-state index in [4.69, 9.17) is 9.47 Å². The van der Waals surface area contributed by atoms with Crippen LogP contribution in [0.1, 0.15) is 33.1 Å². The molecule has 1 unspecified atom stereocenters. The lowest BCUT2D eigenvalue weighted by molar-refractivity contribution is 0.0690. The van der Waals surface area contributed by atoms with Crippen LogP contribution in [0.3, 0.4) is 0 Å². The number of hydrogen-bond acceptors (Lipinski definition) is 4. The molecule has 0 bridgehead atoms. The van der Waals surface area contributed by atoms with Crippen LogP contribution < -0.4 is 5.32 Å². The Morgan fingerprint density at radius 3 is 2.89 bits per heavy atom. The summed E-state index contributed by atoms with van der Waals surface area (Å²) in [6.45, 7) is 7.62. The van der Waals surface area contributed by atoms with Gasteiger partial charge in [0.15, 0.2) is 5.17 Å². The normalized spacial score (nSPS) is 21.3. The molecule has 0 saturated carbocycles. The number of aliphatic imine (C=N–C) groups is 1. The molecule has 1 fully saturated rings. The summed E-state index contributed by atoms with van der Waals surface area (Å²) in [7, 11) is 1.69. The first-order valence-electron chi connectivity index (χ1n) is 7.23. The third kappa shape index (κ3) is 8.50. The SMILES string of the molecule is COCCOCCCCN=C1NC(CC(C)C)CS1. The zero-order chi connectivity index (χ0) is 13.9. The number of amidine groups is 1. The van der Waals surface area contributed by atoms with Crippen LogP contribution in [0.2, 0.25) is 0 Å². The molecule has 0 radical (unpaired) electrons. The van der Waals surface area contributed by atoms with Crippen molar-refractivity contribution < 1.29 is 9.47 Å². The van der Waals surface area contributed by atoms with E-state index in [0.29, 0.717) is 19.3 Å². The molecule has 1 rings (SSSR count). The third-order valence-electron chi connectivity index (χ3n) is 2.89. The Hall–Kier alpha value is -0.260. The molecule has 0 aromatic heterocycles. The van der Waals surface area contributed by atoms with Gasteiger partial charge in [0.1, 0.15) is 0 Å².